The maximum Gasteiger partial charge on any atom is 0.253 e. The molecule has 3 rings (SSSR count). The average molecular weight is 315 g/mol. The summed E-state index contributed by atoms with van der Waals surface area (Å²) in [6.07, 6.45) is 1.62. The van der Waals surface area contributed by atoms with Crippen molar-refractivity contribution in [1.82, 2.24) is 9.80 Å². The third-order valence-corrected chi connectivity index (χ3v) is 5.25. The highest BCUT2D eigenvalue weighted by atomic mass is 16.2. The molecule has 2 amide bonds. The summed E-state index contributed by atoms with van der Waals surface area (Å²) in [6.45, 7) is 6.20. The minimum atomic E-state index is -0.469. The van der Waals surface area contributed by atoms with Crippen LogP contribution in [-0.2, 0) is 10.2 Å². The number of nitrogens with one attached hydrogen (secondary N) is 1. The number of likely N-dealkylation sites (tertiary alicyclic amines) is 1. The SMILES string of the molecule is CC(C)N1CCC2(CC1)C(=O)Nc1ccc(C(=O)N(C)C)cc12. The number of fused-ring (bicyclic) bond motifs is 2. The molecule has 0 radical (unpaired) electrons. The lowest BCUT2D eigenvalue weighted by Crippen LogP contribution is -2.48. The predicted octanol–water partition coefficient (Wildman–Crippen LogP) is 2.08. The van der Waals surface area contributed by atoms with E-state index in [2.05, 4.69) is 24.1 Å². The van der Waals surface area contributed by atoms with Gasteiger partial charge in [-0.15, -0.1) is 0 Å². The molecule has 5 heteroatoms. The van der Waals surface area contributed by atoms with Crippen molar-refractivity contribution in [1.29, 1.82) is 0 Å². The van der Waals surface area contributed by atoms with Crippen LogP contribution < -0.4 is 5.32 Å². The molecule has 1 aromatic rings. The number of rotatable bonds is 2. The summed E-state index contributed by atoms with van der Waals surface area (Å²) in [7, 11) is 3.49. The molecule has 1 saturated heterocycles. The average Bonchev–Trinajstić information content (AvgIpc) is 2.79. The molecule has 2 aliphatic rings. The van der Waals surface area contributed by atoms with Crippen LogP contribution in [0.25, 0.3) is 0 Å². The van der Waals surface area contributed by atoms with E-state index in [1.807, 2.05) is 12.1 Å². The van der Waals surface area contributed by atoms with E-state index >= 15 is 0 Å². The van der Waals surface area contributed by atoms with Crippen LogP contribution in [0.4, 0.5) is 5.69 Å². The molecular formula is C18H25N3O2. The van der Waals surface area contributed by atoms with Gasteiger partial charge in [-0.05, 0) is 63.5 Å². The molecule has 0 atom stereocenters. The monoisotopic (exact) mass is 315 g/mol. The second kappa shape index (κ2) is 5.64. The highest BCUT2D eigenvalue weighted by Gasteiger charge is 2.48. The quantitative estimate of drug-likeness (QED) is 0.909. The maximum absolute atomic E-state index is 12.7. The Morgan fingerprint density at radius 2 is 1.91 bits per heavy atom. The summed E-state index contributed by atoms with van der Waals surface area (Å²) < 4.78 is 0. The zero-order valence-corrected chi connectivity index (χ0v) is 14.3. The van der Waals surface area contributed by atoms with E-state index < -0.39 is 5.41 Å². The topological polar surface area (TPSA) is 52.7 Å². The molecule has 2 heterocycles. The van der Waals surface area contributed by atoms with Crippen molar-refractivity contribution >= 4 is 17.5 Å². The number of carbonyl (C=O) groups excluding carboxylic acids is 2. The Bertz CT molecular complexity index is 644. The summed E-state index contributed by atoms with van der Waals surface area (Å²) >= 11 is 0. The molecule has 5 nitrogen and oxygen atoms in total. The Hall–Kier alpha value is -1.88. The van der Waals surface area contributed by atoms with Gasteiger partial charge in [-0.1, -0.05) is 0 Å². The Labute approximate surface area is 137 Å². The second-order valence-corrected chi connectivity index (χ2v) is 7.13. The number of piperidine rings is 1. The first-order chi connectivity index (χ1) is 10.8. The zero-order chi connectivity index (χ0) is 16.8. The molecular weight excluding hydrogens is 290 g/mol. The summed E-state index contributed by atoms with van der Waals surface area (Å²) in [5.74, 6) is 0.0623. The summed E-state index contributed by atoms with van der Waals surface area (Å²) in [5, 5.41) is 3.02. The van der Waals surface area contributed by atoms with E-state index in [-0.39, 0.29) is 11.8 Å². The van der Waals surface area contributed by atoms with Crippen LogP contribution in [0.1, 0.15) is 42.6 Å². The highest BCUT2D eigenvalue weighted by molar-refractivity contribution is 6.07. The molecule has 1 aromatic carbocycles. The van der Waals surface area contributed by atoms with Crippen molar-refractivity contribution in [3.05, 3.63) is 29.3 Å². The Balaban J connectivity index is 1.95. The maximum atomic E-state index is 12.7. The Kier molecular flexibility index (Phi) is 3.92. The third-order valence-electron chi connectivity index (χ3n) is 5.25. The van der Waals surface area contributed by atoms with Crippen molar-refractivity contribution in [2.24, 2.45) is 0 Å². The van der Waals surface area contributed by atoms with Gasteiger partial charge in [0.15, 0.2) is 0 Å². The lowest BCUT2D eigenvalue weighted by Gasteiger charge is -2.39. The standard InChI is InChI=1S/C18H25N3O2/c1-12(2)21-9-7-18(8-10-21)14-11-13(16(22)20(3)4)5-6-15(14)19-17(18)23/h5-6,11-12H,7-10H2,1-4H3,(H,19,23). The van der Waals surface area contributed by atoms with Gasteiger partial charge in [0.05, 0.1) is 5.41 Å². The van der Waals surface area contributed by atoms with E-state index in [1.54, 1.807) is 25.1 Å². The third kappa shape index (κ3) is 2.53. The van der Waals surface area contributed by atoms with Crippen LogP contribution in [0, 0.1) is 0 Å². The molecule has 0 aromatic heterocycles. The second-order valence-electron chi connectivity index (χ2n) is 7.13. The van der Waals surface area contributed by atoms with E-state index in [0.717, 1.165) is 37.2 Å². The first-order valence-corrected chi connectivity index (χ1v) is 8.27. The molecule has 0 bridgehead atoms. The summed E-state index contributed by atoms with van der Waals surface area (Å²) in [4.78, 5) is 28.9. The lowest BCUT2D eigenvalue weighted by atomic mass is 9.73. The minimum absolute atomic E-state index is 0.0260. The van der Waals surface area contributed by atoms with Crippen LogP contribution in [-0.4, -0.2) is 54.8 Å². The van der Waals surface area contributed by atoms with Gasteiger partial charge in [-0.2, -0.15) is 0 Å². The smallest absolute Gasteiger partial charge is 0.253 e. The van der Waals surface area contributed by atoms with Gasteiger partial charge in [0.25, 0.3) is 5.91 Å². The van der Waals surface area contributed by atoms with Crippen LogP contribution in [0.5, 0.6) is 0 Å². The largest absolute Gasteiger partial charge is 0.345 e. The molecule has 2 aliphatic heterocycles. The minimum Gasteiger partial charge on any atom is -0.345 e. The van der Waals surface area contributed by atoms with Crippen LogP contribution in [0.2, 0.25) is 0 Å². The highest BCUT2D eigenvalue weighted by Crippen LogP contribution is 2.45. The van der Waals surface area contributed by atoms with E-state index in [9.17, 15) is 9.59 Å². The molecule has 1 spiro atoms. The van der Waals surface area contributed by atoms with Gasteiger partial charge >= 0.3 is 0 Å². The first-order valence-electron chi connectivity index (χ1n) is 8.27. The fraction of sp³-hybridized carbons (Fsp3) is 0.556. The van der Waals surface area contributed by atoms with Crippen molar-refractivity contribution in [3.8, 4) is 0 Å². The number of carbonyl (C=O) groups is 2. The van der Waals surface area contributed by atoms with Gasteiger partial charge in [-0.25, -0.2) is 0 Å². The van der Waals surface area contributed by atoms with Crippen LogP contribution in [0.15, 0.2) is 18.2 Å². The van der Waals surface area contributed by atoms with Gasteiger partial charge < -0.3 is 15.1 Å². The normalized spacial score (nSPS) is 19.8. The van der Waals surface area contributed by atoms with Crippen molar-refractivity contribution < 1.29 is 9.59 Å². The summed E-state index contributed by atoms with van der Waals surface area (Å²) in [6, 6.07) is 6.08. The van der Waals surface area contributed by atoms with E-state index in [4.69, 9.17) is 0 Å². The van der Waals surface area contributed by atoms with Crippen LogP contribution in [0.3, 0.4) is 0 Å². The summed E-state index contributed by atoms with van der Waals surface area (Å²) in [5.41, 5.74) is 2.04. The number of hydrogen-bond acceptors (Lipinski definition) is 3. The predicted molar refractivity (Wildman–Crippen MR) is 90.7 cm³/mol. The Morgan fingerprint density at radius 1 is 1.26 bits per heavy atom. The molecule has 1 fully saturated rings. The van der Waals surface area contributed by atoms with Gasteiger partial charge in [0, 0.05) is 31.4 Å². The number of anilines is 1. The molecule has 0 unspecified atom stereocenters. The first kappa shape index (κ1) is 16.0. The zero-order valence-electron chi connectivity index (χ0n) is 14.3. The molecule has 0 saturated carbocycles. The van der Waals surface area contributed by atoms with Crippen molar-refractivity contribution in [2.75, 3.05) is 32.5 Å². The lowest BCUT2D eigenvalue weighted by molar-refractivity contribution is -0.122. The molecule has 0 aliphatic carbocycles. The van der Waals surface area contributed by atoms with Gasteiger partial charge in [-0.3, -0.25) is 9.59 Å². The number of amides is 2. The fourth-order valence-corrected chi connectivity index (χ4v) is 3.72. The van der Waals surface area contributed by atoms with Gasteiger partial charge in [0.2, 0.25) is 5.91 Å². The van der Waals surface area contributed by atoms with Crippen molar-refractivity contribution in [3.63, 3.8) is 0 Å². The van der Waals surface area contributed by atoms with E-state index in [1.165, 1.54) is 0 Å². The van der Waals surface area contributed by atoms with Crippen molar-refractivity contribution in [2.45, 2.75) is 38.1 Å². The number of nitrogens with zero attached hydrogens (tertiary/aromatic N) is 2. The number of benzene rings is 1. The fourth-order valence-electron chi connectivity index (χ4n) is 3.72. The molecule has 124 valence electrons. The number of hydrogen-bond donors (Lipinski definition) is 1. The van der Waals surface area contributed by atoms with E-state index in [0.29, 0.717) is 11.6 Å². The van der Waals surface area contributed by atoms with Gasteiger partial charge in [0.1, 0.15) is 0 Å². The Morgan fingerprint density at radius 3 is 2.48 bits per heavy atom. The molecule has 23 heavy (non-hydrogen) atoms. The molecule has 1 N–H and O–H groups in total. The van der Waals surface area contributed by atoms with Crippen LogP contribution >= 0.6 is 0 Å².